The van der Waals surface area contributed by atoms with E-state index in [0.29, 0.717) is 12.0 Å². The molecule has 2 saturated heterocycles. The predicted octanol–water partition coefficient (Wildman–Crippen LogP) is 4.10. The zero-order valence-corrected chi connectivity index (χ0v) is 18.2. The number of aromatic nitrogens is 2. The Morgan fingerprint density at radius 2 is 1.89 bits per heavy atom. The van der Waals surface area contributed by atoms with Gasteiger partial charge in [-0.2, -0.15) is 5.10 Å². The van der Waals surface area contributed by atoms with E-state index < -0.39 is 0 Å². The van der Waals surface area contributed by atoms with Crippen molar-refractivity contribution in [2.75, 3.05) is 26.7 Å². The average molecular weight is 409 g/mol. The standard InChI is InChI=1S/C21H29ClN4.ClH/c1-5-19-18(21(22)25(4)23-19)13-26-11-15-10-24(3)20(17(15)12-26)16-9-7-6-8-14(16)2;/h6-9,15,17,20H,5,10-13H2,1-4H3;1H/t15-,17+,20+;/m0./s1. The highest BCUT2D eigenvalue weighted by Crippen LogP contribution is 2.45. The molecule has 4 nitrogen and oxygen atoms in total. The van der Waals surface area contributed by atoms with Gasteiger partial charge in [-0.15, -0.1) is 12.4 Å². The highest BCUT2D eigenvalue weighted by atomic mass is 35.5. The molecule has 2 fully saturated rings. The minimum absolute atomic E-state index is 0. The molecular formula is C21H30Cl2N4. The molecule has 0 bridgehead atoms. The van der Waals surface area contributed by atoms with Crippen LogP contribution in [0.5, 0.6) is 0 Å². The number of aryl methyl sites for hydroxylation is 3. The third kappa shape index (κ3) is 3.65. The maximum atomic E-state index is 6.53. The van der Waals surface area contributed by atoms with Gasteiger partial charge in [0, 0.05) is 44.8 Å². The molecule has 4 rings (SSSR count). The van der Waals surface area contributed by atoms with Crippen LogP contribution in [-0.2, 0) is 20.0 Å². The van der Waals surface area contributed by atoms with Gasteiger partial charge >= 0.3 is 0 Å². The number of nitrogens with zero attached hydrogens (tertiary/aromatic N) is 4. The molecule has 2 aliphatic heterocycles. The summed E-state index contributed by atoms with van der Waals surface area (Å²) < 4.78 is 1.82. The Labute approximate surface area is 173 Å². The van der Waals surface area contributed by atoms with Crippen LogP contribution >= 0.6 is 24.0 Å². The average Bonchev–Trinajstić information content (AvgIpc) is 3.22. The van der Waals surface area contributed by atoms with Crippen molar-refractivity contribution in [2.24, 2.45) is 18.9 Å². The molecule has 1 aromatic carbocycles. The molecule has 0 N–H and O–H groups in total. The summed E-state index contributed by atoms with van der Waals surface area (Å²) in [6.07, 6.45) is 0.936. The van der Waals surface area contributed by atoms with Crippen LogP contribution in [0.2, 0.25) is 5.15 Å². The molecule has 3 heterocycles. The van der Waals surface area contributed by atoms with Crippen molar-refractivity contribution >= 4 is 24.0 Å². The number of benzene rings is 1. The van der Waals surface area contributed by atoms with E-state index in [4.69, 9.17) is 11.6 Å². The lowest BCUT2D eigenvalue weighted by atomic mass is 9.88. The molecule has 27 heavy (non-hydrogen) atoms. The van der Waals surface area contributed by atoms with Crippen molar-refractivity contribution in [1.29, 1.82) is 0 Å². The zero-order chi connectivity index (χ0) is 18.4. The summed E-state index contributed by atoms with van der Waals surface area (Å²) in [4.78, 5) is 5.15. The van der Waals surface area contributed by atoms with E-state index in [1.165, 1.54) is 23.2 Å². The summed E-state index contributed by atoms with van der Waals surface area (Å²) in [6, 6.07) is 9.41. The van der Waals surface area contributed by atoms with Gasteiger partial charge in [0.05, 0.1) is 5.69 Å². The third-order valence-electron chi connectivity index (χ3n) is 6.35. The van der Waals surface area contributed by atoms with E-state index >= 15 is 0 Å². The molecule has 2 aliphatic rings. The SMILES string of the molecule is CCc1nn(C)c(Cl)c1CN1C[C@@H]2CN(C)[C@H](c3ccccc3C)[C@@H]2C1.Cl. The molecule has 2 aromatic rings. The first kappa shape index (κ1) is 20.7. The van der Waals surface area contributed by atoms with Crippen LogP contribution < -0.4 is 0 Å². The summed E-state index contributed by atoms with van der Waals surface area (Å²) in [5.74, 6) is 1.44. The van der Waals surface area contributed by atoms with Crippen LogP contribution in [0, 0.1) is 18.8 Å². The molecule has 0 amide bonds. The second-order valence-electron chi connectivity index (χ2n) is 8.05. The fourth-order valence-corrected chi connectivity index (χ4v) is 5.34. The fraction of sp³-hybridized carbons (Fsp3) is 0.571. The van der Waals surface area contributed by atoms with Crippen molar-refractivity contribution in [3.05, 3.63) is 51.8 Å². The molecule has 148 valence electrons. The molecule has 0 spiro atoms. The van der Waals surface area contributed by atoms with Crippen LogP contribution in [0.4, 0.5) is 0 Å². The van der Waals surface area contributed by atoms with Gasteiger partial charge in [-0.1, -0.05) is 42.8 Å². The van der Waals surface area contributed by atoms with Crippen LogP contribution in [0.1, 0.15) is 35.3 Å². The first-order valence-corrected chi connectivity index (χ1v) is 10.1. The number of hydrogen-bond acceptors (Lipinski definition) is 3. The van der Waals surface area contributed by atoms with Crippen molar-refractivity contribution in [1.82, 2.24) is 19.6 Å². The first-order valence-electron chi connectivity index (χ1n) is 9.68. The van der Waals surface area contributed by atoms with Crippen LogP contribution in [0.15, 0.2) is 24.3 Å². The van der Waals surface area contributed by atoms with Crippen molar-refractivity contribution in [3.8, 4) is 0 Å². The molecule has 0 aliphatic carbocycles. The molecule has 3 atom stereocenters. The van der Waals surface area contributed by atoms with Gasteiger partial charge in [0.15, 0.2) is 0 Å². The topological polar surface area (TPSA) is 24.3 Å². The monoisotopic (exact) mass is 408 g/mol. The van der Waals surface area contributed by atoms with E-state index in [1.54, 1.807) is 0 Å². The van der Waals surface area contributed by atoms with E-state index in [1.807, 2.05) is 11.7 Å². The van der Waals surface area contributed by atoms with Crippen LogP contribution in [0.25, 0.3) is 0 Å². The summed E-state index contributed by atoms with van der Waals surface area (Å²) in [6.45, 7) is 8.80. The Balaban J connectivity index is 0.00000210. The van der Waals surface area contributed by atoms with E-state index in [2.05, 4.69) is 60.1 Å². The predicted molar refractivity (Wildman–Crippen MR) is 114 cm³/mol. The van der Waals surface area contributed by atoms with Gasteiger partial charge in [-0.05, 0) is 43.4 Å². The minimum Gasteiger partial charge on any atom is -0.299 e. The van der Waals surface area contributed by atoms with Crippen LogP contribution in [0.3, 0.4) is 0 Å². The quantitative estimate of drug-likeness (QED) is 0.760. The number of halogens is 2. The van der Waals surface area contributed by atoms with E-state index in [-0.39, 0.29) is 12.4 Å². The lowest BCUT2D eigenvalue weighted by molar-refractivity contribution is 0.224. The van der Waals surface area contributed by atoms with Gasteiger partial charge in [0.25, 0.3) is 0 Å². The Morgan fingerprint density at radius 3 is 2.59 bits per heavy atom. The maximum Gasteiger partial charge on any atom is 0.131 e. The van der Waals surface area contributed by atoms with Gasteiger partial charge in [0.1, 0.15) is 5.15 Å². The van der Waals surface area contributed by atoms with E-state index in [9.17, 15) is 0 Å². The normalized spacial score (nSPS) is 25.6. The molecule has 0 saturated carbocycles. The Bertz CT molecular complexity index is 803. The number of likely N-dealkylation sites (tertiary alicyclic amines) is 2. The Morgan fingerprint density at radius 1 is 1.15 bits per heavy atom. The number of rotatable bonds is 4. The number of hydrogen-bond donors (Lipinski definition) is 0. The third-order valence-corrected chi connectivity index (χ3v) is 6.82. The van der Waals surface area contributed by atoms with Crippen molar-refractivity contribution in [2.45, 2.75) is 32.9 Å². The van der Waals surface area contributed by atoms with Gasteiger partial charge in [-0.3, -0.25) is 14.5 Å². The first-order chi connectivity index (χ1) is 12.5. The highest BCUT2D eigenvalue weighted by molar-refractivity contribution is 6.30. The van der Waals surface area contributed by atoms with Gasteiger partial charge in [0.2, 0.25) is 0 Å². The molecule has 0 radical (unpaired) electrons. The van der Waals surface area contributed by atoms with Crippen LogP contribution in [-0.4, -0.2) is 46.3 Å². The van der Waals surface area contributed by atoms with Gasteiger partial charge in [-0.25, -0.2) is 0 Å². The van der Waals surface area contributed by atoms with Crippen molar-refractivity contribution < 1.29 is 0 Å². The fourth-order valence-electron chi connectivity index (χ4n) is 5.13. The maximum absolute atomic E-state index is 6.53. The molecule has 6 heteroatoms. The summed E-state index contributed by atoms with van der Waals surface area (Å²) in [7, 11) is 4.22. The smallest absolute Gasteiger partial charge is 0.131 e. The summed E-state index contributed by atoms with van der Waals surface area (Å²) in [5.41, 5.74) is 5.27. The minimum atomic E-state index is 0. The second-order valence-corrected chi connectivity index (χ2v) is 8.41. The Hall–Kier alpha value is -1.07. The lowest BCUT2D eigenvalue weighted by Gasteiger charge is -2.28. The zero-order valence-electron chi connectivity index (χ0n) is 16.7. The molecule has 0 unspecified atom stereocenters. The summed E-state index contributed by atoms with van der Waals surface area (Å²) in [5, 5.41) is 5.38. The number of fused-ring (bicyclic) bond motifs is 1. The largest absolute Gasteiger partial charge is 0.299 e. The summed E-state index contributed by atoms with van der Waals surface area (Å²) >= 11 is 6.53. The highest BCUT2D eigenvalue weighted by Gasteiger charge is 2.46. The van der Waals surface area contributed by atoms with E-state index in [0.717, 1.165) is 42.8 Å². The Kier molecular flexibility index (Phi) is 6.21. The lowest BCUT2D eigenvalue weighted by Crippen LogP contribution is -2.29. The van der Waals surface area contributed by atoms with Gasteiger partial charge < -0.3 is 0 Å². The second kappa shape index (κ2) is 8.12. The van der Waals surface area contributed by atoms with Crippen molar-refractivity contribution in [3.63, 3.8) is 0 Å². The molecule has 1 aromatic heterocycles. The molecular weight excluding hydrogens is 379 g/mol.